The van der Waals surface area contributed by atoms with Gasteiger partial charge < -0.3 is 11.1 Å². The maximum absolute atomic E-state index is 5.40. The van der Waals surface area contributed by atoms with Gasteiger partial charge in [-0.05, 0) is 48.8 Å². The van der Waals surface area contributed by atoms with E-state index in [0.29, 0.717) is 5.11 Å². The average Bonchev–Trinajstić information content (AvgIpc) is 2.42. The lowest BCUT2D eigenvalue weighted by molar-refractivity contribution is 1.20. The van der Waals surface area contributed by atoms with Crippen LogP contribution in [0.2, 0.25) is 0 Å². The summed E-state index contributed by atoms with van der Waals surface area (Å²) < 4.78 is 0. The van der Waals surface area contributed by atoms with Crippen molar-refractivity contribution in [2.75, 3.05) is 5.32 Å². The summed E-state index contributed by atoms with van der Waals surface area (Å²) in [6.45, 7) is 2.14. The highest BCUT2D eigenvalue weighted by Gasteiger charge is 2.09. The maximum Gasteiger partial charge on any atom is 0.168 e. The van der Waals surface area contributed by atoms with Crippen LogP contribution < -0.4 is 11.1 Å². The van der Waals surface area contributed by atoms with Crippen molar-refractivity contribution in [2.45, 2.75) is 13.3 Å². The van der Waals surface area contributed by atoms with E-state index in [1.807, 2.05) is 6.07 Å². The van der Waals surface area contributed by atoms with Gasteiger partial charge in [-0.3, -0.25) is 0 Å². The van der Waals surface area contributed by atoms with E-state index in [4.69, 9.17) is 18.0 Å². The Bertz CT molecular complexity index is 421. The number of allylic oxidation sites excluding steroid dienone is 1. The number of fused-ring (bicyclic) bond motifs is 1. The molecule has 0 atom stereocenters. The first-order valence-electron chi connectivity index (χ1n) is 4.52. The monoisotopic (exact) mass is 204 g/mol. The average molecular weight is 204 g/mol. The number of nitrogens with two attached hydrogens (primary N) is 1. The summed E-state index contributed by atoms with van der Waals surface area (Å²) in [5.74, 6) is 0. The van der Waals surface area contributed by atoms with E-state index in [0.717, 1.165) is 12.1 Å². The molecule has 2 rings (SSSR count). The molecule has 0 amide bonds. The Morgan fingerprint density at radius 1 is 1.50 bits per heavy atom. The van der Waals surface area contributed by atoms with Crippen molar-refractivity contribution < 1.29 is 0 Å². The number of hydrogen-bond acceptors (Lipinski definition) is 1. The molecule has 14 heavy (non-hydrogen) atoms. The van der Waals surface area contributed by atoms with Gasteiger partial charge in [0.1, 0.15) is 0 Å². The van der Waals surface area contributed by atoms with Gasteiger partial charge >= 0.3 is 0 Å². The largest absolute Gasteiger partial charge is 0.376 e. The Morgan fingerprint density at radius 3 is 3.00 bits per heavy atom. The summed E-state index contributed by atoms with van der Waals surface area (Å²) in [5.41, 5.74) is 10.4. The molecule has 0 aromatic heterocycles. The number of hydrogen-bond donors (Lipinski definition) is 2. The Hall–Kier alpha value is -1.35. The molecule has 0 spiro atoms. The zero-order valence-corrected chi connectivity index (χ0v) is 8.82. The van der Waals surface area contributed by atoms with Crippen molar-refractivity contribution in [1.29, 1.82) is 0 Å². The van der Waals surface area contributed by atoms with Crippen LogP contribution in [-0.2, 0) is 6.42 Å². The first-order valence-corrected chi connectivity index (χ1v) is 4.92. The summed E-state index contributed by atoms with van der Waals surface area (Å²) in [6, 6.07) is 6.19. The van der Waals surface area contributed by atoms with Crippen LogP contribution in [0, 0.1) is 0 Å². The first-order chi connectivity index (χ1) is 6.65. The molecule has 1 aromatic rings. The third-order valence-corrected chi connectivity index (χ3v) is 2.39. The van der Waals surface area contributed by atoms with E-state index >= 15 is 0 Å². The lowest BCUT2D eigenvalue weighted by atomic mass is 10.1. The summed E-state index contributed by atoms with van der Waals surface area (Å²) in [4.78, 5) is 0. The van der Waals surface area contributed by atoms with Crippen LogP contribution in [0.25, 0.3) is 6.08 Å². The van der Waals surface area contributed by atoms with Gasteiger partial charge in [0, 0.05) is 5.69 Å². The van der Waals surface area contributed by atoms with E-state index in [2.05, 4.69) is 30.4 Å². The van der Waals surface area contributed by atoms with Gasteiger partial charge in [-0.1, -0.05) is 17.7 Å². The van der Waals surface area contributed by atoms with Crippen molar-refractivity contribution in [2.24, 2.45) is 5.73 Å². The van der Waals surface area contributed by atoms with E-state index in [-0.39, 0.29) is 0 Å². The fourth-order valence-corrected chi connectivity index (χ4v) is 1.85. The molecule has 0 heterocycles. The second kappa shape index (κ2) is 3.42. The minimum absolute atomic E-state index is 0.309. The van der Waals surface area contributed by atoms with Gasteiger partial charge in [0.15, 0.2) is 5.11 Å². The fraction of sp³-hybridized carbons (Fsp3) is 0.182. The van der Waals surface area contributed by atoms with Gasteiger partial charge in [-0.25, -0.2) is 0 Å². The highest BCUT2D eigenvalue weighted by Crippen LogP contribution is 2.26. The second-order valence-electron chi connectivity index (χ2n) is 3.57. The second-order valence-corrected chi connectivity index (χ2v) is 4.01. The molecule has 1 aliphatic rings. The van der Waals surface area contributed by atoms with E-state index in [9.17, 15) is 0 Å². The number of thiocarbonyl (C=S) groups is 1. The van der Waals surface area contributed by atoms with E-state index in [1.54, 1.807) is 0 Å². The van der Waals surface area contributed by atoms with Gasteiger partial charge in [0.25, 0.3) is 0 Å². The van der Waals surface area contributed by atoms with Crippen LogP contribution in [0.1, 0.15) is 18.1 Å². The number of benzene rings is 1. The molecule has 1 aromatic carbocycles. The molecule has 0 saturated heterocycles. The summed E-state index contributed by atoms with van der Waals surface area (Å²) >= 11 is 4.78. The van der Waals surface area contributed by atoms with Crippen molar-refractivity contribution >= 4 is 29.1 Å². The van der Waals surface area contributed by atoms with Gasteiger partial charge in [-0.2, -0.15) is 0 Å². The summed E-state index contributed by atoms with van der Waals surface area (Å²) in [7, 11) is 0. The molecule has 3 heteroatoms. The third-order valence-electron chi connectivity index (χ3n) is 2.28. The zero-order chi connectivity index (χ0) is 10.1. The molecule has 3 N–H and O–H groups in total. The van der Waals surface area contributed by atoms with E-state index in [1.165, 1.54) is 16.7 Å². The van der Waals surface area contributed by atoms with Gasteiger partial charge in [0.05, 0.1) is 0 Å². The first kappa shape index (κ1) is 9.21. The lowest BCUT2D eigenvalue weighted by Gasteiger charge is -2.05. The smallest absolute Gasteiger partial charge is 0.168 e. The molecule has 0 aliphatic heterocycles. The minimum atomic E-state index is 0.309. The SMILES string of the molecule is CC1=Cc2cc(NC(N)=S)ccc2C1. The molecule has 0 saturated carbocycles. The van der Waals surface area contributed by atoms with Crippen LogP contribution in [0.5, 0.6) is 0 Å². The van der Waals surface area contributed by atoms with Crippen LogP contribution in [0.4, 0.5) is 5.69 Å². The number of anilines is 1. The molecule has 72 valence electrons. The molecule has 2 nitrogen and oxygen atoms in total. The normalized spacial score (nSPS) is 13.4. The van der Waals surface area contributed by atoms with E-state index < -0.39 is 0 Å². The number of rotatable bonds is 1. The predicted molar refractivity (Wildman–Crippen MR) is 64.2 cm³/mol. The molecule has 0 bridgehead atoms. The topological polar surface area (TPSA) is 38.0 Å². The Labute approximate surface area is 88.8 Å². The van der Waals surface area contributed by atoms with Crippen LogP contribution in [-0.4, -0.2) is 5.11 Å². The number of nitrogens with one attached hydrogen (secondary N) is 1. The van der Waals surface area contributed by atoms with Crippen molar-refractivity contribution in [3.05, 3.63) is 34.9 Å². The minimum Gasteiger partial charge on any atom is -0.376 e. The molecule has 0 fully saturated rings. The third kappa shape index (κ3) is 1.77. The van der Waals surface area contributed by atoms with Crippen LogP contribution in [0.3, 0.4) is 0 Å². The highest BCUT2D eigenvalue weighted by atomic mass is 32.1. The molecule has 0 unspecified atom stereocenters. The van der Waals surface area contributed by atoms with Crippen molar-refractivity contribution in [3.8, 4) is 0 Å². The van der Waals surface area contributed by atoms with Gasteiger partial charge in [0.2, 0.25) is 0 Å². The van der Waals surface area contributed by atoms with Crippen molar-refractivity contribution in [1.82, 2.24) is 0 Å². The standard InChI is InChI=1S/C11H12N2S/c1-7-4-8-2-3-10(13-11(12)14)6-9(8)5-7/h2-3,5-6H,4H2,1H3,(H3,12,13,14). The quantitative estimate of drug-likeness (QED) is 0.689. The summed E-state index contributed by atoms with van der Waals surface area (Å²) in [5, 5.41) is 3.24. The zero-order valence-electron chi connectivity index (χ0n) is 8.00. The van der Waals surface area contributed by atoms with Crippen molar-refractivity contribution in [3.63, 3.8) is 0 Å². The lowest BCUT2D eigenvalue weighted by Crippen LogP contribution is -2.18. The Balaban J connectivity index is 2.31. The molecular weight excluding hydrogens is 192 g/mol. The molecule has 1 aliphatic carbocycles. The highest BCUT2D eigenvalue weighted by molar-refractivity contribution is 7.80. The maximum atomic E-state index is 5.40. The van der Waals surface area contributed by atoms with Crippen LogP contribution in [0.15, 0.2) is 23.8 Å². The fourth-order valence-electron chi connectivity index (χ4n) is 1.73. The summed E-state index contributed by atoms with van der Waals surface area (Å²) in [6.07, 6.45) is 3.25. The molecular formula is C11H12N2S. The van der Waals surface area contributed by atoms with Gasteiger partial charge in [-0.15, -0.1) is 0 Å². The molecule has 0 radical (unpaired) electrons. The van der Waals surface area contributed by atoms with Crippen LogP contribution >= 0.6 is 12.2 Å². The Kier molecular flexibility index (Phi) is 2.25. The predicted octanol–water partition coefficient (Wildman–Crippen LogP) is 2.30. The Morgan fingerprint density at radius 2 is 2.29 bits per heavy atom.